The van der Waals surface area contributed by atoms with Crippen LogP contribution in [0.1, 0.15) is 9.75 Å². The number of sulfonamides is 1. The molecule has 0 spiro atoms. The number of benzene rings is 1. The molecule has 0 fully saturated rings. The van der Waals surface area contributed by atoms with Crippen LogP contribution >= 0.6 is 11.3 Å². The van der Waals surface area contributed by atoms with Gasteiger partial charge in [0.2, 0.25) is 0 Å². The zero-order valence-electron chi connectivity index (χ0n) is 10.7. The Bertz CT molecular complexity index is 787. The molecule has 1 aromatic heterocycles. The fourth-order valence-electron chi connectivity index (χ4n) is 1.67. The maximum atomic E-state index is 13.5. The summed E-state index contributed by atoms with van der Waals surface area (Å²) in [5.41, 5.74) is -0.690. The van der Waals surface area contributed by atoms with Crippen molar-refractivity contribution in [1.82, 2.24) is 0 Å². The molecule has 0 atom stereocenters. The van der Waals surface area contributed by atoms with Gasteiger partial charge in [0.05, 0.1) is 12.3 Å². The lowest BCUT2D eigenvalue weighted by molar-refractivity contribution is 0.285. The molecule has 0 saturated carbocycles. The summed E-state index contributed by atoms with van der Waals surface area (Å²) < 4.78 is 65.5. The zero-order valence-corrected chi connectivity index (χ0v) is 12.3. The van der Waals surface area contributed by atoms with Crippen molar-refractivity contribution in [2.75, 3.05) is 4.72 Å². The van der Waals surface area contributed by atoms with Crippen molar-refractivity contribution in [2.45, 2.75) is 18.4 Å². The molecule has 1 aromatic carbocycles. The molecule has 0 aliphatic rings. The Morgan fingerprint density at radius 3 is 2.48 bits per heavy atom. The van der Waals surface area contributed by atoms with Crippen LogP contribution in [0.15, 0.2) is 23.1 Å². The molecule has 114 valence electrons. The van der Waals surface area contributed by atoms with Gasteiger partial charge in [0, 0.05) is 9.75 Å². The van der Waals surface area contributed by atoms with E-state index in [-0.39, 0.29) is 11.5 Å². The topological polar surface area (TPSA) is 66.4 Å². The minimum atomic E-state index is -4.17. The SMILES string of the molecule is Cc1sc(CO)cc1S(=O)(=O)Nc1ccc(F)c(F)c1F. The van der Waals surface area contributed by atoms with E-state index >= 15 is 0 Å². The first kappa shape index (κ1) is 15.8. The van der Waals surface area contributed by atoms with E-state index in [2.05, 4.69) is 0 Å². The number of aliphatic hydroxyl groups is 1. The van der Waals surface area contributed by atoms with Crippen LogP contribution in [0.2, 0.25) is 0 Å². The molecule has 0 radical (unpaired) electrons. The summed E-state index contributed by atoms with van der Waals surface area (Å²) in [5.74, 6) is -4.79. The second kappa shape index (κ2) is 5.66. The monoisotopic (exact) mass is 337 g/mol. The average molecular weight is 337 g/mol. The maximum absolute atomic E-state index is 13.5. The number of rotatable bonds is 4. The van der Waals surface area contributed by atoms with Gasteiger partial charge in [0.15, 0.2) is 17.5 Å². The normalized spacial score (nSPS) is 11.7. The molecule has 1 heterocycles. The summed E-state index contributed by atoms with van der Waals surface area (Å²) in [4.78, 5) is 0.647. The van der Waals surface area contributed by atoms with Gasteiger partial charge >= 0.3 is 0 Å². The molecule has 2 rings (SSSR count). The molecule has 0 aliphatic heterocycles. The van der Waals surface area contributed by atoms with Crippen molar-refractivity contribution in [3.05, 3.63) is 45.4 Å². The largest absolute Gasteiger partial charge is 0.391 e. The third-order valence-electron chi connectivity index (χ3n) is 2.65. The van der Waals surface area contributed by atoms with Crippen molar-refractivity contribution in [2.24, 2.45) is 0 Å². The zero-order chi connectivity index (χ0) is 15.8. The first-order chi connectivity index (χ1) is 9.76. The van der Waals surface area contributed by atoms with Crippen LogP contribution in [0.4, 0.5) is 18.9 Å². The van der Waals surface area contributed by atoms with Crippen LogP contribution in [0.5, 0.6) is 0 Å². The number of anilines is 1. The van der Waals surface area contributed by atoms with Crippen LogP contribution in [-0.4, -0.2) is 13.5 Å². The van der Waals surface area contributed by atoms with E-state index in [0.29, 0.717) is 15.8 Å². The van der Waals surface area contributed by atoms with Crippen LogP contribution in [-0.2, 0) is 16.6 Å². The molecule has 9 heteroatoms. The van der Waals surface area contributed by atoms with Gasteiger partial charge in [-0.05, 0) is 25.1 Å². The van der Waals surface area contributed by atoms with E-state index in [9.17, 15) is 21.6 Å². The number of nitrogens with one attached hydrogen (secondary N) is 1. The van der Waals surface area contributed by atoms with Gasteiger partial charge in [0.1, 0.15) is 4.90 Å². The molecule has 2 aromatic rings. The van der Waals surface area contributed by atoms with Gasteiger partial charge in [-0.15, -0.1) is 11.3 Å². The molecule has 4 nitrogen and oxygen atoms in total. The molecule has 0 aliphatic carbocycles. The van der Waals surface area contributed by atoms with Gasteiger partial charge in [-0.2, -0.15) is 0 Å². The van der Waals surface area contributed by atoms with Crippen LogP contribution in [0.25, 0.3) is 0 Å². The number of thiophene rings is 1. The van der Waals surface area contributed by atoms with E-state index in [0.717, 1.165) is 17.4 Å². The second-order valence-corrected chi connectivity index (χ2v) is 7.11. The summed E-state index contributed by atoms with van der Waals surface area (Å²) in [6.45, 7) is 1.18. The standard InChI is InChI=1S/C12H10F3NO3S2/c1-6-10(4-7(5-17)20-6)21(18,19)16-9-3-2-8(13)11(14)12(9)15/h2-4,16-17H,5H2,1H3. The van der Waals surface area contributed by atoms with E-state index in [1.807, 2.05) is 4.72 Å². The third-order valence-corrected chi connectivity index (χ3v) is 5.30. The van der Waals surface area contributed by atoms with Crippen LogP contribution in [0.3, 0.4) is 0 Å². The summed E-state index contributed by atoms with van der Waals surface area (Å²) in [7, 11) is -4.17. The summed E-state index contributed by atoms with van der Waals surface area (Å²) in [6, 6.07) is 2.65. The summed E-state index contributed by atoms with van der Waals surface area (Å²) >= 11 is 1.06. The summed E-state index contributed by atoms with van der Waals surface area (Å²) in [5, 5.41) is 8.99. The Balaban J connectivity index is 2.42. The molecule has 0 amide bonds. The van der Waals surface area contributed by atoms with Crippen molar-refractivity contribution in [3.63, 3.8) is 0 Å². The molecular weight excluding hydrogens is 327 g/mol. The Hall–Kier alpha value is -1.58. The Morgan fingerprint density at radius 1 is 1.24 bits per heavy atom. The highest BCUT2D eigenvalue weighted by Gasteiger charge is 2.23. The van der Waals surface area contributed by atoms with Crippen molar-refractivity contribution >= 4 is 27.0 Å². The number of halogens is 3. The third kappa shape index (κ3) is 3.04. The van der Waals surface area contributed by atoms with Crippen molar-refractivity contribution in [1.29, 1.82) is 0 Å². The van der Waals surface area contributed by atoms with Crippen molar-refractivity contribution < 1.29 is 26.7 Å². The van der Waals surface area contributed by atoms with Gasteiger partial charge in [-0.3, -0.25) is 4.72 Å². The highest BCUT2D eigenvalue weighted by atomic mass is 32.2. The van der Waals surface area contributed by atoms with E-state index in [4.69, 9.17) is 5.11 Å². The van der Waals surface area contributed by atoms with E-state index < -0.39 is 33.2 Å². The summed E-state index contributed by atoms with van der Waals surface area (Å²) in [6.07, 6.45) is 0. The smallest absolute Gasteiger partial charge is 0.263 e. The second-order valence-electron chi connectivity index (χ2n) is 4.12. The highest BCUT2D eigenvalue weighted by Crippen LogP contribution is 2.28. The maximum Gasteiger partial charge on any atom is 0.263 e. The van der Waals surface area contributed by atoms with Crippen LogP contribution < -0.4 is 4.72 Å². The average Bonchev–Trinajstić information content (AvgIpc) is 2.81. The lowest BCUT2D eigenvalue weighted by Crippen LogP contribution is -2.15. The Labute approximate surface area is 122 Å². The van der Waals surface area contributed by atoms with Gasteiger partial charge in [-0.1, -0.05) is 0 Å². The molecule has 0 bridgehead atoms. The van der Waals surface area contributed by atoms with Crippen molar-refractivity contribution in [3.8, 4) is 0 Å². The number of hydrogen-bond donors (Lipinski definition) is 2. The fourth-order valence-corrected chi connectivity index (χ4v) is 4.23. The predicted octanol–water partition coefficient (Wildman–Crippen LogP) is 2.77. The van der Waals surface area contributed by atoms with E-state index in [1.165, 1.54) is 13.0 Å². The van der Waals surface area contributed by atoms with Crippen LogP contribution in [0, 0.1) is 24.4 Å². The first-order valence-electron chi connectivity index (χ1n) is 5.62. The molecule has 2 N–H and O–H groups in total. The number of aliphatic hydroxyl groups excluding tert-OH is 1. The van der Waals surface area contributed by atoms with Gasteiger partial charge in [-0.25, -0.2) is 21.6 Å². The Kier molecular flexibility index (Phi) is 4.26. The predicted molar refractivity (Wildman–Crippen MR) is 72.1 cm³/mol. The highest BCUT2D eigenvalue weighted by molar-refractivity contribution is 7.93. The molecule has 0 saturated heterocycles. The fraction of sp³-hybridized carbons (Fsp3) is 0.167. The minimum absolute atomic E-state index is 0.152. The Morgan fingerprint density at radius 2 is 1.90 bits per heavy atom. The lowest BCUT2D eigenvalue weighted by atomic mass is 10.3. The minimum Gasteiger partial charge on any atom is -0.391 e. The van der Waals surface area contributed by atoms with Gasteiger partial charge < -0.3 is 5.11 Å². The number of hydrogen-bond acceptors (Lipinski definition) is 4. The molecule has 21 heavy (non-hydrogen) atoms. The molecular formula is C12H10F3NO3S2. The quantitative estimate of drug-likeness (QED) is 0.843. The number of aryl methyl sites for hydroxylation is 1. The first-order valence-corrected chi connectivity index (χ1v) is 7.92. The van der Waals surface area contributed by atoms with E-state index in [1.54, 1.807) is 0 Å². The lowest BCUT2D eigenvalue weighted by Gasteiger charge is -2.09. The van der Waals surface area contributed by atoms with Gasteiger partial charge in [0.25, 0.3) is 10.0 Å². The molecule has 0 unspecified atom stereocenters.